The molecule has 0 aliphatic rings. The maximum Gasteiger partial charge on any atom is 0.155 e. The third-order valence-corrected chi connectivity index (χ3v) is 3.52. The Morgan fingerprint density at radius 3 is 2.62 bits per heavy atom. The van der Waals surface area contributed by atoms with Gasteiger partial charge in [0, 0.05) is 18.0 Å². The number of nitrogens with one attached hydrogen (secondary N) is 1. The normalized spacial score (nSPS) is 11.0. The number of rotatable bonds is 3. The van der Waals surface area contributed by atoms with Crippen LogP contribution in [0.1, 0.15) is 11.4 Å². The van der Waals surface area contributed by atoms with E-state index in [9.17, 15) is 0 Å². The number of aromatic nitrogens is 2. The van der Waals surface area contributed by atoms with Crippen molar-refractivity contribution in [2.45, 2.75) is 6.42 Å². The number of aromatic amines is 1. The van der Waals surface area contributed by atoms with Crippen molar-refractivity contribution in [3.63, 3.8) is 0 Å². The fourth-order valence-corrected chi connectivity index (χ4v) is 2.48. The zero-order valence-electron chi connectivity index (χ0n) is 11.4. The Hall–Kier alpha value is -2.81. The Balaban J connectivity index is 1.64. The van der Waals surface area contributed by atoms with Gasteiger partial charge in [-0.1, -0.05) is 48.5 Å². The quantitative estimate of drug-likeness (QED) is 0.601. The van der Waals surface area contributed by atoms with Crippen molar-refractivity contribution in [1.82, 2.24) is 9.97 Å². The fraction of sp³-hybridized carbons (Fsp3) is 0.0556. The molecule has 0 amide bonds. The molecule has 0 saturated heterocycles. The minimum absolute atomic E-state index is 0.793. The molecule has 102 valence electrons. The first-order valence-corrected chi connectivity index (χ1v) is 6.96. The van der Waals surface area contributed by atoms with Crippen molar-refractivity contribution in [2.75, 3.05) is 0 Å². The van der Waals surface area contributed by atoms with Crippen LogP contribution in [-0.2, 0) is 6.42 Å². The van der Waals surface area contributed by atoms with Crippen LogP contribution in [-0.4, -0.2) is 9.97 Å². The largest absolute Gasteiger partial charge is 0.454 e. The maximum atomic E-state index is 5.84. The van der Waals surface area contributed by atoms with E-state index >= 15 is 0 Å². The number of para-hydroxylation sites is 1. The van der Waals surface area contributed by atoms with Crippen LogP contribution in [0.4, 0.5) is 0 Å². The molecule has 3 nitrogen and oxygen atoms in total. The van der Waals surface area contributed by atoms with Crippen molar-refractivity contribution in [1.29, 1.82) is 0 Å². The zero-order chi connectivity index (χ0) is 14.1. The summed E-state index contributed by atoms with van der Waals surface area (Å²) >= 11 is 0. The van der Waals surface area contributed by atoms with E-state index < -0.39 is 0 Å². The van der Waals surface area contributed by atoms with E-state index in [2.05, 4.69) is 22.1 Å². The Morgan fingerprint density at radius 1 is 0.952 bits per heavy atom. The number of H-pyrrole nitrogens is 1. The summed E-state index contributed by atoms with van der Waals surface area (Å²) in [6.45, 7) is 0. The molecule has 4 rings (SSSR count). The molecular weight excluding hydrogens is 260 g/mol. The Kier molecular flexibility index (Phi) is 2.82. The van der Waals surface area contributed by atoms with Gasteiger partial charge in [0.15, 0.2) is 5.76 Å². The SMILES string of the molecule is c1ccc(Cc2nc(-c3cc4ccccc4o3)c[nH]2)cc1. The molecular formula is C18H14N2O. The van der Waals surface area contributed by atoms with E-state index in [1.54, 1.807) is 0 Å². The predicted octanol–water partition coefficient (Wildman–Crippen LogP) is 4.41. The lowest BCUT2D eigenvalue weighted by molar-refractivity contribution is 0.629. The number of hydrogen-bond acceptors (Lipinski definition) is 2. The molecule has 0 radical (unpaired) electrons. The second-order valence-electron chi connectivity index (χ2n) is 5.04. The molecule has 2 aromatic carbocycles. The number of furan rings is 1. The van der Waals surface area contributed by atoms with Crippen molar-refractivity contribution in [3.8, 4) is 11.5 Å². The highest BCUT2D eigenvalue weighted by Crippen LogP contribution is 2.26. The molecule has 1 N–H and O–H groups in total. The minimum atomic E-state index is 0.793. The van der Waals surface area contributed by atoms with Crippen LogP contribution in [0.25, 0.3) is 22.4 Å². The summed E-state index contributed by atoms with van der Waals surface area (Å²) < 4.78 is 5.84. The highest BCUT2D eigenvalue weighted by Gasteiger charge is 2.09. The highest BCUT2D eigenvalue weighted by atomic mass is 16.3. The van der Waals surface area contributed by atoms with E-state index in [0.29, 0.717) is 0 Å². The van der Waals surface area contributed by atoms with Gasteiger partial charge in [-0.05, 0) is 17.7 Å². The zero-order valence-corrected chi connectivity index (χ0v) is 11.4. The lowest BCUT2D eigenvalue weighted by Crippen LogP contribution is -1.89. The Morgan fingerprint density at radius 2 is 1.76 bits per heavy atom. The first-order chi connectivity index (χ1) is 10.4. The van der Waals surface area contributed by atoms with Gasteiger partial charge in [0.25, 0.3) is 0 Å². The van der Waals surface area contributed by atoms with E-state index in [-0.39, 0.29) is 0 Å². The van der Waals surface area contributed by atoms with E-state index in [1.807, 2.05) is 54.7 Å². The van der Waals surface area contributed by atoms with Gasteiger partial charge in [-0.2, -0.15) is 0 Å². The third kappa shape index (κ3) is 2.34. The van der Waals surface area contributed by atoms with Crippen LogP contribution in [0.5, 0.6) is 0 Å². The lowest BCUT2D eigenvalue weighted by Gasteiger charge is -1.96. The summed E-state index contributed by atoms with van der Waals surface area (Å²) in [5.41, 5.74) is 2.97. The molecule has 0 aliphatic heterocycles. The Labute approximate surface area is 122 Å². The molecule has 0 fully saturated rings. The number of fused-ring (bicyclic) bond motifs is 1. The first kappa shape index (κ1) is 12.0. The van der Waals surface area contributed by atoms with Crippen molar-refractivity contribution >= 4 is 11.0 Å². The smallest absolute Gasteiger partial charge is 0.155 e. The molecule has 2 aromatic heterocycles. The van der Waals surface area contributed by atoms with Gasteiger partial charge in [-0.25, -0.2) is 4.98 Å². The third-order valence-electron chi connectivity index (χ3n) is 3.52. The van der Waals surface area contributed by atoms with Gasteiger partial charge >= 0.3 is 0 Å². The number of benzene rings is 2. The monoisotopic (exact) mass is 274 g/mol. The van der Waals surface area contributed by atoms with Gasteiger partial charge < -0.3 is 9.40 Å². The van der Waals surface area contributed by atoms with Crippen LogP contribution in [0.2, 0.25) is 0 Å². The second-order valence-corrected chi connectivity index (χ2v) is 5.04. The summed E-state index contributed by atoms with van der Waals surface area (Å²) in [5, 5.41) is 1.10. The maximum absolute atomic E-state index is 5.84. The average Bonchev–Trinajstić information content (AvgIpc) is 3.14. The Bertz CT molecular complexity index is 841. The molecule has 0 spiro atoms. The summed E-state index contributed by atoms with van der Waals surface area (Å²) in [7, 11) is 0. The van der Waals surface area contributed by atoms with Gasteiger partial charge in [0.2, 0.25) is 0 Å². The van der Waals surface area contributed by atoms with Crippen molar-refractivity contribution in [3.05, 3.63) is 78.2 Å². The molecule has 4 aromatic rings. The standard InChI is InChI=1S/C18H14N2O/c1-2-6-13(7-3-1)10-18-19-12-15(20-18)17-11-14-8-4-5-9-16(14)21-17/h1-9,11-12H,10H2,(H,19,20). The number of nitrogens with zero attached hydrogens (tertiary/aromatic N) is 1. The molecule has 0 saturated carbocycles. The fourth-order valence-electron chi connectivity index (χ4n) is 2.48. The first-order valence-electron chi connectivity index (χ1n) is 6.96. The van der Waals surface area contributed by atoms with Gasteiger partial charge in [-0.3, -0.25) is 0 Å². The van der Waals surface area contributed by atoms with Crippen LogP contribution in [0.15, 0.2) is 71.3 Å². The molecule has 0 aliphatic carbocycles. The van der Waals surface area contributed by atoms with Crippen molar-refractivity contribution in [2.24, 2.45) is 0 Å². The summed E-state index contributed by atoms with van der Waals surface area (Å²) in [4.78, 5) is 7.85. The molecule has 21 heavy (non-hydrogen) atoms. The van der Waals surface area contributed by atoms with E-state index in [4.69, 9.17) is 4.42 Å². The lowest BCUT2D eigenvalue weighted by atomic mass is 10.1. The minimum Gasteiger partial charge on any atom is -0.454 e. The van der Waals surface area contributed by atoms with Crippen LogP contribution in [0.3, 0.4) is 0 Å². The summed E-state index contributed by atoms with van der Waals surface area (Å²) in [5.74, 6) is 1.74. The van der Waals surface area contributed by atoms with Crippen LogP contribution >= 0.6 is 0 Å². The van der Waals surface area contributed by atoms with E-state index in [0.717, 1.165) is 34.7 Å². The summed E-state index contributed by atoms with van der Waals surface area (Å²) in [6, 6.07) is 20.3. The van der Waals surface area contributed by atoms with Crippen LogP contribution < -0.4 is 0 Å². The van der Waals surface area contributed by atoms with Gasteiger partial charge in [-0.15, -0.1) is 0 Å². The number of imidazole rings is 1. The number of hydrogen-bond donors (Lipinski definition) is 1. The predicted molar refractivity (Wildman–Crippen MR) is 83.0 cm³/mol. The van der Waals surface area contributed by atoms with Crippen molar-refractivity contribution < 1.29 is 4.42 Å². The van der Waals surface area contributed by atoms with Gasteiger partial charge in [0.05, 0.1) is 0 Å². The van der Waals surface area contributed by atoms with E-state index in [1.165, 1.54) is 5.56 Å². The molecule has 0 bridgehead atoms. The van der Waals surface area contributed by atoms with Gasteiger partial charge in [0.1, 0.15) is 17.1 Å². The van der Waals surface area contributed by atoms with Crippen LogP contribution in [0, 0.1) is 0 Å². The molecule has 0 unspecified atom stereocenters. The molecule has 3 heteroatoms. The molecule has 2 heterocycles. The summed E-state index contributed by atoms with van der Waals surface area (Å²) in [6.07, 6.45) is 2.69. The topological polar surface area (TPSA) is 41.8 Å². The highest BCUT2D eigenvalue weighted by molar-refractivity contribution is 5.81. The molecule has 0 atom stereocenters. The second kappa shape index (κ2) is 4.94. The average molecular weight is 274 g/mol.